The van der Waals surface area contributed by atoms with Gasteiger partial charge in [-0.15, -0.1) is 0 Å². The number of aryl methyl sites for hydroxylation is 1. The van der Waals surface area contributed by atoms with E-state index < -0.39 is 29.0 Å². The van der Waals surface area contributed by atoms with Gasteiger partial charge in [0.15, 0.2) is 0 Å². The van der Waals surface area contributed by atoms with Crippen LogP contribution in [0.5, 0.6) is 11.5 Å². The number of para-hydroxylation sites is 1. The average Bonchev–Trinajstić information content (AvgIpc) is 2.85. The van der Waals surface area contributed by atoms with Gasteiger partial charge in [-0.25, -0.2) is 4.79 Å². The maximum Gasteiger partial charge on any atom is 0.416 e. The summed E-state index contributed by atoms with van der Waals surface area (Å²) < 4.78 is 51.2. The van der Waals surface area contributed by atoms with E-state index in [1.807, 2.05) is 6.07 Å². The Morgan fingerprint density at radius 3 is 2.28 bits per heavy atom. The maximum absolute atomic E-state index is 13.3. The lowest BCUT2D eigenvalue weighted by molar-refractivity contribution is -0.137. The number of carbonyl (C=O) groups excluding carboxylic acids is 1. The highest BCUT2D eigenvalue weighted by atomic mass is 35.5. The number of alkyl halides is 3. The van der Waals surface area contributed by atoms with Gasteiger partial charge in [0, 0.05) is 5.56 Å². The van der Waals surface area contributed by atoms with E-state index in [-0.39, 0.29) is 6.61 Å². The summed E-state index contributed by atoms with van der Waals surface area (Å²) in [7, 11) is 0. The summed E-state index contributed by atoms with van der Waals surface area (Å²) in [6, 6.07) is 17.2. The van der Waals surface area contributed by atoms with Crippen molar-refractivity contribution in [2.45, 2.75) is 64.3 Å². The fourth-order valence-corrected chi connectivity index (χ4v) is 4.26. The fraction of sp³-hybridized carbons (Fsp3) is 0.367. The van der Waals surface area contributed by atoms with Crippen molar-refractivity contribution in [3.8, 4) is 22.6 Å². The summed E-state index contributed by atoms with van der Waals surface area (Å²) >= 11 is 6.67. The van der Waals surface area contributed by atoms with E-state index in [9.17, 15) is 23.1 Å². The van der Waals surface area contributed by atoms with Gasteiger partial charge in [-0.3, -0.25) is 0 Å². The number of amides is 1. The van der Waals surface area contributed by atoms with Crippen LogP contribution >= 0.6 is 11.6 Å². The molecular weight excluding hydrogens is 531 g/mol. The second kappa shape index (κ2) is 12.3. The Kier molecular flexibility index (Phi) is 9.56. The zero-order valence-corrected chi connectivity index (χ0v) is 23.1. The van der Waals surface area contributed by atoms with Gasteiger partial charge in [0.2, 0.25) is 0 Å². The van der Waals surface area contributed by atoms with Crippen LogP contribution in [-0.4, -0.2) is 28.9 Å². The molecule has 3 aromatic rings. The van der Waals surface area contributed by atoms with Crippen LogP contribution in [0.4, 0.5) is 18.0 Å². The Balaban J connectivity index is 1.74. The van der Waals surface area contributed by atoms with Crippen molar-refractivity contribution in [2.75, 3.05) is 6.61 Å². The number of benzene rings is 3. The number of hydrogen-bond acceptors (Lipinski definition) is 4. The first-order valence-electron chi connectivity index (χ1n) is 12.5. The van der Waals surface area contributed by atoms with E-state index in [2.05, 4.69) is 5.32 Å². The predicted molar refractivity (Wildman–Crippen MR) is 146 cm³/mol. The van der Waals surface area contributed by atoms with Gasteiger partial charge in [-0.1, -0.05) is 54.1 Å². The lowest BCUT2D eigenvalue weighted by Crippen LogP contribution is -2.50. The van der Waals surface area contributed by atoms with Crippen molar-refractivity contribution in [1.82, 2.24) is 5.32 Å². The summed E-state index contributed by atoms with van der Waals surface area (Å²) in [4.78, 5) is 12.2. The third-order valence-corrected chi connectivity index (χ3v) is 6.41. The molecule has 1 atom stereocenters. The van der Waals surface area contributed by atoms with E-state index >= 15 is 0 Å². The number of halogens is 4. The number of ether oxygens (including phenoxy) is 2. The molecule has 0 aromatic heterocycles. The van der Waals surface area contributed by atoms with Crippen molar-refractivity contribution in [3.63, 3.8) is 0 Å². The SMILES string of the molecule is CC(C)(C)OC(=O)N[C@@](C)(CO)CCCc1cccc(Oc2ccccc2-c2cccc(C(F)(F)F)c2)c1Cl. The third-order valence-electron chi connectivity index (χ3n) is 5.98. The second-order valence-electron chi connectivity index (χ2n) is 10.6. The predicted octanol–water partition coefficient (Wildman–Crippen LogP) is 8.42. The first kappa shape index (κ1) is 30.3. The average molecular weight is 564 g/mol. The first-order valence-corrected chi connectivity index (χ1v) is 12.9. The largest absolute Gasteiger partial charge is 0.455 e. The van der Waals surface area contributed by atoms with Crippen LogP contribution in [0.1, 0.15) is 51.7 Å². The fourth-order valence-electron chi connectivity index (χ4n) is 4.00. The van der Waals surface area contributed by atoms with Gasteiger partial charge in [-0.2, -0.15) is 13.2 Å². The van der Waals surface area contributed by atoms with Gasteiger partial charge >= 0.3 is 12.3 Å². The van der Waals surface area contributed by atoms with Gasteiger partial charge in [0.25, 0.3) is 0 Å². The Morgan fingerprint density at radius 1 is 0.949 bits per heavy atom. The summed E-state index contributed by atoms with van der Waals surface area (Å²) in [5.74, 6) is 0.732. The van der Waals surface area contributed by atoms with Gasteiger partial charge in [0.1, 0.15) is 17.1 Å². The number of aliphatic hydroxyl groups is 1. The van der Waals surface area contributed by atoms with Crippen molar-refractivity contribution in [1.29, 1.82) is 0 Å². The second-order valence-corrected chi connectivity index (χ2v) is 11.0. The zero-order chi connectivity index (χ0) is 28.8. The molecule has 0 spiro atoms. The van der Waals surface area contributed by atoms with Crippen LogP contribution in [0, 0.1) is 0 Å². The molecule has 0 unspecified atom stereocenters. The number of alkyl carbamates (subject to hydrolysis) is 1. The molecule has 0 bridgehead atoms. The number of nitrogens with one attached hydrogen (secondary N) is 1. The first-order chi connectivity index (χ1) is 18.2. The molecule has 3 aromatic carbocycles. The summed E-state index contributed by atoms with van der Waals surface area (Å²) in [5, 5.41) is 13.0. The normalized spacial score (nSPS) is 13.5. The molecule has 2 N–H and O–H groups in total. The van der Waals surface area contributed by atoms with Crippen LogP contribution in [0.3, 0.4) is 0 Å². The molecule has 39 heavy (non-hydrogen) atoms. The molecule has 0 aliphatic heterocycles. The van der Waals surface area contributed by atoms with E-state index in [1.165, 1.54) is 6.07 Å². The summed E-state index contributed by atoms with van der Waals surface area (Å²) in [5.41, 5.74) is -0.624. The lowest BCUT2D eigenvalue weighted by Gasteiger charge is -2.30. The molecule has 1 amide bonds. The topological polar surface area (TPSA) is 67.8 Å². The molecule has 0 saturated heterocycles. The monoisotopic (exact) mass is 563 g/mol. The molecule has 0 fully saturated rings. The lowest BCUT2D eigenvalue weighted by atomic mass is 9.94. The Labute approximate surface area is 231 Å². The van der Waals surface area contributed by atoms with Crippen molar-refractivity contribution >= 4 is 17.7 Å². The molecule has 9 heteroatoms. The van der Waals surface area contributed by atoms with Crippen molar-refractivity contribution < 1.29 is 32.5 Å². The summed E-state index contributed by atoms with van der Waals surface area (Å²) in [6.07, 6.45) is -3.47. The van der Waals surface area contributed by atoms with Crippen LogP contribution in [-0.2, 0) is 17.3 Å². The van der Waals surface area contributed by atoms with E-state index in [0.717, 1.165) is 17.7 Å². The smallest absolute Gasteiger partial charge is 0.416 e. The third kappa shape index (κ3) is 8.63. The molecule has 0 heterocycles. The molecule has 5 nitrogen and oxygen atoms in total. The van der Waals surface area contributed by atoms with Crippen molar-refractivity contribution in [2.24, 2.45) is 0 Å². The maximum atomic E-state index is 13.3. The molecule has 3 rings (SSSR count). The van der Waals surface area contributed by atoms with E-state index in [4.69, 9.17) is 21.1 Å². The van der Waals surface area contributed by atoms with Crippen molar-refractivity contribution in [3.05, 3.63) is 82.9 Å². The molecule has 0 aliphatic carbocycles. The molecular formula is C30H33ClF3NO4. The molecule has 0 radical (unpaired) electrons. The molecule has 210 valence electrons. The van der Waals surface area contributed by atoms with Crippen LogP contribution in [0.25, 0.3) is 11.1 Å². The van der Waals surface area contributed by atoms with Crippen LogP contribution < -0.4 is 10.1 Å². The minimum atomic E-state index is -4.46. The van der Waals surface area contributed by atoms with E-state index in [0.29, 0.717) is 46.9 Å². The minimum Gasteiger partial charge on any atom is -0.455 e. The highest BCUT2D eigenvalue weighted by Gasteiger charge is 2.31. The van der Waals surface area contributed by atoms with Crippen LogP contribution in [0.2, 0.25) is 5.02 Å². The van der Waals surface area contributed by atoms with Gasteiger partial charge in [-0.05, 0) is 82.3 Å². The van der Waals surface area contributed by atoms with Crippen LogP contribution in [0.15, 0.2) is 66.7 Å². The Morgan fingerprint density at radius 2 is 1.62 bits per heavy atom. The Bertz CT molecular complexity index is 1290. The van der Waals surface area contributed by atoms with Gasteiger partial charge < -0.3 is 19.9 Å². The molecule has 0 aliphatic rings. The Hall–Kier alpha value is -3.23. The zero-order valence-electron chi connectivity index (χ0n) is 22.4. The number of aliphatic hydroxyl groups excluding tert-OH is 1. The molecule has 0 saturated carbocycles. The standard InChI is InChI=1S/C30H33ClF3NO4/c1-28(2,3)39-27(37)35-29(4,19-36)17-9-12-20-10-8-16-25(26(20)31)38-24-15-6-5-14-23(24)21-11-7-13-22(18-21)30(32,33)34/h5-8,10-11,13-16,18,36H,9,12,17,19H2,1-4H3,(H,35,37)/t29-/m1/s1. The highest BCUT2D eigenvalue weighted by molar-refractivity contribution is 6.32. The number of hydrogen-bond donors (Lipinski definition) is 2. The van der Waals surface area contributed by atoms with Gasteiger partial charge in [0.05, 0.1) is 22.7 Å². The highest BCUT2D eigenvalue weighted by Crippen LogP contribution is 2.39. The number of rotatable bonds is 9. The van der Waals surface area contributed by atoms with E-state index in [1.54, 1.807) is 70.2 Å². The number of carbonyl (C=O) groups is 1. The summed E-state index contributed by atoms with van der Waals surface area (Å²) in [6.45, 7) is 6.76. The quantitative estimate of drug-likeness (QED) is 0.274. The minimum absolute atomic E-state index is 0.268.